The van der Waals surface area contributed by atoms with Gasteiger partial charge >= 0.3 is 0 Å². The van der Waals surface area contributed by atoms with E-state index in [1.54, 1.807) is 0 Å². The highest BCUT2D eigenvalue weighted by molar-refractivity contribution is 5.78. The number of rotatable bonds is 6. The molecule has 0 saturated heterocycles. The first kappa shape index (κ1) is 14.4. The first-order valence-corrected chi connectivity index (χ1v) is 6.98. The highest BCUT2D eigenvalue weighted by atomic mass is 16.1. The molecule has 0 atom stereocenters. The van der Waals surface area contributed by atoms with Gasteiger partial charge in [-0.1, -0.05) is 12.1 Å². The standard InChI is InChI=1S/C17H20N2O/c1-13-3-5-15(18-11-13)7-9-17(20)10-8-16-6-4-14(2)12-19-16/h3-6,11-12H,7-10H2,1-2H3. The van der Waals surface area contributed by atoms with Gasteiger partial charge in [-0.05, 0) is 49.9 Å². The minimum absolute atomic E-state index is 0.273. The van der Waals surface area contributed by atoms with E-state index < -0.39 is 0 Å². The summed E-state index contributed by atoms with van der Waals surface area (Å²) in [6.45, 7) is 4.02. The van der Waals surface area contributed by atoms with Crippen LogP contribution < -0.4 is 0 Å². The Kier molecular flexibility index (Phi) is 4.99. The van der Waals surface area contributed by atoms with Crippen molar-refractivity contribution in [3.8, 4) is 0 Å². The predicted octanol–water partition coefficient (Wildman–Crippen LogP) is 3.23. The molecule has 0 fully saturated rings. The lowest BCUT2D eigenvalue weighted by atomic mass is 10.1. The second kappa shape index (κ2) is 6.94. The third-order valence-electron chi connectivity index (χ3n) is 3.27. The fourth-order valence-corrected chi connectivity index (χ4v) is 1.95. The largest absolute Gasteiger partial charge is 0.300 e. The van der Waals surface area contributed by atoms with Gasteiger partial charge in [0.15, 0.2) is 0 Å². The number of Topliss-reactive ketones (excluding diaryl/α,β-unsaturated/α-hetero) is 1. The minimum Gasteiger partial charge on any atom is -0.300 e. The molecule has 0 aliphatic carbocycles. The number of hydrogen-bond acceptors (Lipinski definition) is 3. The summed E-state index contributed by atoms with van der Waals surface area (Å²) in [5, 5.41) is 0. The maximum Gasteiger partial charge on any atom is 0.133 e. The zero-order chi connectivity index (χ0) is 14.4. The fraction of sp³-hybridized carbons (Fsp3) is 0.353. The Labute approximate surface area is 120 Å². The van der Waals surface area contributed by atoms with Crippen molar-refractivity contribution >= 4 is 5.78 Å². The summed E-state index contributed by atoms with van der Waals surface area (Å²) in [5.74, 6) is 0.273. The number of pyridine rings is 2. The van der Waals surface area contributed by atoms with E-state index in [1.807, 2.05) is 50.5 Å². The summed E-state index contributed by atoms with van der Waals surface area (Å²) in [6.07, 6.45) is 6.25. The van der Waals surface area contributed by atoms with Crippen molar-refractivity contribution in [2.45, 2.75) is 39.5 Å². The van der Waals surface area contributed by atoms with Crippen LogP contribution in [0.4, 0.5) is 0 Å². The highest BCUT2D eigenvalue weighted by Gasteiger charge is 2.05. The molecule has 3 heteroatoms. The highest BCUT2D eigenvalue weighted by Crippen LogP contribution is 2.06. The number of hydrogen-bond donors (Lipinski definition) is 0. The molecule has 0 spiro atoms. The van der Waals surface area contributed by atoms with Crippen molar-refractivity contribution in [3.63, 3.8) is 0 Å². The second-order valence-corrected chi connectivity index (χ2v) is 5.19. The minimum atomic E-state index is 0.273. The molecular weight excluding hydrogens is 248 g/mol. The van der Waals surface area contributed by atoms with Crippen LogP contribution >= 0.6 is 0 Å². The van der Waals surface area contributed by atoms with E-state index in [0.29, 0.717) is 12.8 Å². The van der Waals surface area contributed by atoms with Gasteiger partial charge in [-0.2, -0.15) is 0 Å². The number of aryl methyl sites for hydroxylation is 4. The van der Waals surface area contributed by atoms with Crippen molar-refractivity contribution in [2.75, 3.05) is 0 Å². The number of carbonyl (C=O) groups excluding carboxylic acids is 1. The maximum absolute atomic E-state index is 11.9. The Morgan fingerprint density at radius 2 is 1.30 bits per heavy atom. The SMILES string of the molecule is Cc1ccc(CCC(=O)CCc2ccc(C)cn2)nc1. The van der Waals surface area contributed by atoms with Crippen molar-refractivity contribution in [1.82, 2.24) is 9.97 Å². The Hall–Kier alpha value is -2.03. The van der Waals surface area contributed by atoms with Gasteiger partial charge in [-0.3, -0.25) is 14.8 Å². The Morgan fingerprint density at radius 1 is 0.850 bits per heavy atom. The first-order chi connectivity index (χ1) is 9.63. The molecule has 0 N–H and O–H groups in total. The van der Waals surface area contributed by atoms with Crippen LogP contribution in [0.3, 0.4) is 0 Å². The number of ketones is 1. The Balaban J connectivity index is 1.75. The summed E-state index contributed by atoms with van der Waals surface area (Å²) in [6, 6.07) is 8.04. The summed E-state index contributed by atoms with van der Waals surface area (Å²) in [5.41, 5.74) is 4.26. The van der Waals surface area contributed by atoms with Crippen LogP contribution in [0.2, 0.25) is 0 Å². The quantitative estimate of drug-likeness (QED) is 0.807. The van der Waals surface area contributed by atoms with Gasteiger partial charge in [0.25, 0.3) is 0 Å². The van der Waals surface area contributed by atoms with Crippen molar-refractivity contribution in [1.29, 1.82) is 0 Å². The molecule has 20 heavy (non-hydrogen) atoms. The van der Waals surface area contributed by atoms with E-state index in [9.17, 15) is 4.79 Å². The Morgan fingerprint density at radius 3 is 1.65 bits per heavy atom. The van der Waals surface area contributed by atoms with Gasteiger partial charge < -0.3 is 0 Å². The van der Waals surface area contributed by atoms with E-state index in [0.717, 1.165) is 35.4 Å². The molecule has 0 bridgehead atoms. The molecule has 0 saturated carbocycles. The lowest BCUT2D eigenvalue weighted by molar-refractivity contribution is -0.119. The van der Waals surface area contributed by atoms with Gasteiger partial charge in [-0.25, -0.2) is 0 Å². The molecule has 3 nitrogen and oxygen atoms in total. The van der Waals surface area contributed by atoms with Crippen LogP contribution in [-0.2, 0) is 17.6 Å². The zero-order valence-electron chi connectivity index (χ0n) is 12.1. The Bertz CT molecular complexity index is 507. The lowest BCUT2D eigenvalue weighted by Gasteiger charge is -2.02. The summed E-state index contributed by atoms with van der Waals surface area (Å²) < 4.78 is 0. The summed E-state index contributed by atoms with van der Waals surface area (Å²) in [7, 11) is 0. The molecule has 0 aromatic carbocycles. The average molecular weight is 268 g/mol. The van der Waals surface area contributed by atoms with Crippen LogP contribution in [0, 0.1) is 13.8 Å². The van der Waals surface area contributed by atoms with Crippen molar-refractivity contribution in [3.05, 3.63) is 59.2 Å². The van der Waals surface area contributed by atoms with Gasteiger partial charge in [-0.15, -0.1) is 0 Å². The topological polar surface area (TPSA) is 42.9 Å². The predicted molar refractivity (Wildman–Crippen MR) is 79.6 cm³/mol. The number of carbonyl (C=O) groups is 1. The normalized spacial score (nSPS) is 10.5. The monoisotopic (exact) mass is 268 g/mol. The fourth-order valence-electron chi connectivity index (χ4n) is 1.95. The van der Waals surface area contributed by atoms with Crippen LogP contribution in [0.5, 0.6) is 0 Å². The molecule has 0 unspecified atom stereocenters. The second-order valence-electron chi connectivity index (χ2n) is 5.19. The van der Waals surface area contributed by atoms with E-state index in [-0.39, 0.29) is 5.78 Å². The smallest absolute Gasteiger partial charge is 0.133 e. The van der Waals surface area contributed by atoms with E-state index in [1.165, 1.54) is 0 Å². The van der Waals surface area contributed by atoms with Crippen LogP contribution in [0.1, 0.15) is 35.4 Å². The molecule has 0 radical (unpaired) electrons. The molecule has 104 valence electrons. The average Bonchev–Trinajstić information content (AvgIpc) is 2.46. The summed E-state index contributed by atoms with van der Waals surface area (Å²) >= 11 is 0. The summed E-state index contributed by atoms with van der Waals surface area (Å²) in [4.78, 5) is 20.5. The molecule has 0 aliphatic rings. The third-order valence-corrected chi connectivity index (χ3v) is 3.27. The molecule has 2 aromatic rings. The maximum atomic E-state index is 11.9. The van der Waals surface area contributed by atoms with Crippen LogP contribution in [0.15, 0.2) is 36.7 Å². The van der Waals surface area contributed by atoms with Crippen LogP contribution in [-0.4, -0.2) is 15.8 Å². The zero-order valence-corrected chi connectivity index (χ0v) is 12.1. The molecule has 2 aromatic heterocycles. The van der Waals surface area contributed by atoms with Gasteiger partial charge in [0.1, 0.15) is 5.78 Å². The van der Waals surface area contributed by atoms with Gasteiger partial charge in [0.2, 0.25) is 0 Å². The van der Waals surface area contributed by atoms with E-state index in [4.69, 9.17) is 0 Å². The van der Waals surface area contributed by atoms with E-state index >= 15 is 0 Å². The number of aromatic nitrogens is 2. The van der Waals surface area contributed by atoms with Gasteiger partial charge in [0.05, 0.1) is 0 Å². The molecule has 2 heterocycles. The molecule has 0 aliphatic heterocycles. The van der Waals surface area contributed by atoms with Crippen LogP contribution in [0.25, 0.3) is 0 Å². The molecule has 2 rings (SSSR count). The molecular formula is C17H20N2O. The first-order valence-electron chi connectivity index (χ1n) is 6.98. The van der Waals surface area contributed by atoms with Crippen molar-refractivity contribution in [2.24, 2.45) is 0 Å². The molecule has 0 amide bonds. The lowest BCUT2D eigenvalue weighted by Crippen LogP contribution is -2.04. The van der Waals surface area contributed by atoms with E-state index in [2.05, 4.69) is 9.97 Å². The third kappa shape index (κ3) is 4.57. The number of nitrogens with zero attached hydrogens (tertiary/aromatic N) is 2. The van der Waals surface area contributed by atoms with Gasteiger partial charge in [0, 0.05) is 36.6 Å². The van der Waals surface area contributed by atoms with Crippen molar-refractivity contribution < 1.29 is 4.79 Å².